The van der Waals surface area contributed by atoms with E-state index in [2.05, 4.69) is 4.98 Å². The number of aromatic amines is 1. The van der Waals surface area contributed by atoms with Gasteiger partial charge in [-0.3, -0.25) is 4.79 Å². The van der Waals surface area contributed by atoms with Gasteiger partial charge in [-0.25, -0.2) is 4.79 Å². The van der Waals surface area contributed by atoms with Crippen molar-refractivity contribution in [2.45, 2.75) is 6.61 Å². The average molecular weight is 304 g/mol. The molecule has 0 atom stereocenters. The fraction of sp³-hybridized carbons (Fsp3) is 0.0556. The second-order valence-electron chi connectivity index (χ2n) is 4.98. The van der Waals surface area contributed by atoms with Crippen LogP contribution in [0.3, 0.4) is 0 Å². The fourth-order valence-electron chi connectivity index (χ4n) is 2.21. The fourth-order valence-corrected chi connectivity index (χ4v) is 2.21. The lowest BCUT2D eigenvalue weighted by molar-refractivity contribution is 0.0466. The van der Waals surface area contributed by atoms with Gasteiger partial charge in [-0.2, -0.15) is 5.26 Å². The van der Waals surface area contributed by atoms with Crippen LogP contribution in [-0.4, -0.2) is 11.0 Å². The largest absolute Gasteiger partial charge is 0.456 e. The molecule has 0 fully saturated rings. The highest BCUT2D eigenvalue weighted by Crippen LogP contribution is 2.10. The SMILES string of the molecule is N#Cc1ccc(COC(=O)c2cc(=O)c3ccccc3[nH]2)cc1. The van der Waals surface area contributed by atoms with E-state index in [1.165, 1.54) is 6.07 Å². The van der Waals surface area contributed by atoms with Crippen molar-refractivity contribution in [1.82, 2.24) is 4.98 Å². The Bertz CT molecular complexity index is 966. The molecule has 0 unspecified atom stereocenters. The molecule has 1 N–H and O–H groups in total. The summed E-state index contributed by atoms with van der Waals surface area (Å²) in [6.07, 6.45) is 0. The Kier molecular flexibility index (Phi) is 3.89. The van der Waals surface area contributed by atoms with Crippen molar-refractivity contribution >= 4 is 16.9 Å². The predicted octanol–water partition coefficient (Wildman–Crippen LogP) is 2.76. The average Bonchev–Trinajstić information content (AvgIpc) is 2.60. The summed E-state index contributed by atoms with van der Waals surface area (Å²) in [5.74, 6) is -0.600. The summed E-state index contributed by atoms with van der Waals surface area (Å²) in [5.41, 5.74) is 1.77. The van der Waals surface area contributed by atoms with Gasteiger partial charge in [0.05, 0.1) is 11.6 Å². The zero-order chi connectivity index (χ0) is 16.2. The van der Waals surface area contributed by atoms with Crippen LogP contribution >= 0.6 is 0 Å². The molecule has 0 aliphatic carbocycles. The molecule has 0 amide bonds. The molecule has 1 heterocycles. The number of hydrogen-bond donors (Lipinski definition) is 1. The number of ether oxygens (including phenoxy) is 1. The first-order valence-electron chi connectivity index (χ1n) is 6.95. The van der Waals surface area contributed by atoms with E-state index in [4.69, 9.17) is 10.00 Å². The van der Waals surface area contributed by atoms with Gasteiger partial charge in [0.1, 0.15) is 12.3 Å². The number of benzene rings is 2. The van der Waals surface area contributed by atoms with Gasteiger partial charge in [0.15, 0.2) is 5.43 Å². The number of para-hydroxylation sites is 1. The van der Waals surface area contributed by atoms with E-state index in [9.17, 15) is 9.59 Å². The number of nitrogens with one attached hydrogen (secondary N) is 1. The molecule has 2 aromatic carbocycles. The zero-order valence-corrected chi connectivity index (χ0v) is 12.1. The summed E-state index contributed by atoms with van der Waals surface area (Å²) in [6, 6.07) is 17.0. The van der Waals surface area contributed by atoms with Crippen molar-refractivity contribution < 1.29 is 9.53 Å². The topological polar surface area (TPSA) is 82.9 Å². The molecule has 112 valence electrons. The molecule has 3 rings (SSSR count). The Morgan fingerprint density at radius 2 is 1.87 bits per heavy atom. The van der Waals surface area contributed by atoms with Crippen molar-refractivity contribution in [1.29, 1.82) is 5.26 Å². The first kappa shape index (κ1) is 14.5. The lowest BCUT2D eigenvalue weighted by Gasteiger charge is -2.06. The summed E-state index contributed by atoms with van der Waals surface area (Å²) in [4.78, 5) is 27.0. The highest BCUT2D eigenvalue weighted by Gasteiger charge is 2.11. The van der Waals surface area contributed by atoms with E-state index in [1.54, 1.807) is 48.5 Å². The molecule has 0 bridgehead atoms. The highest BCUT2D eigenvalue weighted by molar-refractivity contribution is 5.90. The molecular formula is C18H12N2O3. The van der Waals surface area contributed by atoms with Crippen LogP contribution in [0.4, 0.5) is 0 Å². The van der Waals surface area contributed by atoms with Crippen LogP contribution in [0.1, 0.15) is 21.6 Å². The molecule has 0 aliphatic heterocycles. The minimum atomic E-state index is -0.600. The maximum absolute atomic E-state index is 12.1. The molecule has 3 aromatic rings. The van der Waals surface area contributed by atoms with Crippen LogP contribution in [0, 0.1) is 11.3 Å². The van der Waals surface area contributed by atoms with Crippen LogP contribution in [0.5, 0.6) is 0 Å². The first-order valence-corrected chi connectivity index (χ1v) is 6.95. The number of pyridine rings is 1. The first-order chi connectivity index (χ1) is 11.2. The van der Waals surface area contributed by atoms with Crippen LogP contribution in [0.25, 0.3) is 10.9 Å². The lowest BCUT2D eigenvalue weighted by atomic mass is 10.1. The highest BCUT2D eigenvalue weighted by atomic mass is 16.5. The summed E-state index contributed by atoms with van der Waals surface area (Å²) in [5, 5.41) is 9.26. The third-order valence-electron chi connectivity index (χ3n) is 3.41. The second kappa shape index (κ2) is 6.16. The number of fused-ring (bicyclic) bond motifs is 1. The summed E-state index contributed by atoms with van der Waals surface area (Å²) >= 11 is 0. The zero-order valence-electron chi connectivity index (χ0n) is 12.1. The smallest absolute Gasteiger partial charge is 0.355 e. The Morgan fingerprint density at radius 1 is 1.13 bits per heavy atom. The Hall–Kier alpha value is -3.39. The van der Waals surface area contributed by atoms with Gasteiger partial charge in [0.25, 0.3) is 0 Å². The minimum Gasteiger partial charge on any atom is -0.456 e. The molecule has 0 saturated heterocycles. The molecule has 1 aromatic heterocycles. The number of carbonyl (C=O) groups is 1. The van der Waals surface area contributed by atoms with Crippen LogP contribution in [0.15, 0.2) is 59.4 Å². The van der Waals surface area contributed by atoms with Crippen molar-refractivity contribution in [3.63, 3.8) is 0 Å². The summed E-state index contributed by atoms with van der Waals surface area (Å²) < 4.78 is 5.20. The summed E-state index contributed by atoms with van der Waals surface area (Å²) in [7, 11) is 0. The number of H-pyrrole nitrogens is 1. The maximum Gasteiger partial charge on any atom is 0.355 e. The Balaban J connectivity index is 1.78. The quantitative estimate of drug-likeness (QED) is 0.754. The van der Waals surface area contributed by atoms with Crippen molar-refractivity contribution in [2.24, 2.45) is 0 Å². The number of nitrogens with zero attached hydrogens (tertiary/aromatic N) is 1. The van der Waals surface area contributed by atoms with Crippen LogP contribution < -0.4 is 5.43 Å². The Morgan fingerprint density at radius 3 is 2.61 bits per heavy atom. The molecular weight excluding hydrogens is 292 g/mol. The standard InChI is InChI=1S/C18H12N2O3/c19-10-12-5-7-13(8-6-12)11-23-18(22)16-9-17(21)14-3-1-2-4-15(14)20-16/h1-9H,11H2,(H,20,21). The normalized spacial score (nSPS) is 10.2. The van der Waals surface area contributed by atoms with E-state index < -0.39 is 5.97 Å². The molecule has 5 nitrogen and oxygen atoms in total. The van der Waals surface area contributed by atoms with E-state index in [0.717, 1.165) is 5.56 Å². The van der Waals surface area contributed by atoms with Crippen LogP contribution in [-0.2, 0) is 11.3 Å². The number of aromatic nitrogens is 1. The van der Waals surface area contributed by atoms with Gasteiger partial charge in [-0.15, -0.1) is 0 Å². The van der Waals surface area contributed by atoms with E-state index in [-0.39, 0.29) is 17.7 Å². The minimum absolute atomic E-state index is 0.0688. The molecule has 0 aliphatic rings. The lowest BCUT2D eigenvalue weighted by Crippen LogP contribution is -2.12. The van der Waals surface area contributed by atoms with Gasteiger partial charge in [0, 0.05) is 17.0 Å². The molecule has 0 radical (unpaired) electrons. The van der Waals surface area contributed by atoms with Crippen molar-refractivity contribution in [3.05, 3.63) is 81.6 Å². The summed E-state index contributed by atoms with van der Waals surface area (Å²) in [6.45, 7) is 0.0688. The van der Waals surface area contributed by atoms with E-state index >= 15 is 0 Å². The van der Waals surface area contributed by atoms with Crippen molar-refractivity contribution in [3.8, 4) is 6.07 Å². The molecule has 23 heavy (non-hydrogen) atoms. The van der Waals surface area contributed by atoms with Crippen molar-refractivity contribution in [2.75, 3.05) is 0 Å². The predicted molar refractivity (Wildman–Crippen MR) is 84.8 cm³/mol. The Labute approximate surface area is 131 Å². The van der Waals surface area contributed by atoms with Gasteiger partial charge in [0.2, 0.25) is 0 Å². The van der Waals surface area contributed by atoms with Gasteiger partial charge in [-0.05, 0) is 29.8 Å². The third kappa shape index (κ3) is 3.11. The molecule has 0 saturated carbocycles. The van der Waals surface area contributed by atoms with Crippen LogP contribution in [0.2, 0.25) is 0 Å². The number of nitriles is 1. The molecule has 5 heteroatoms. The number of carbonyl (C=O) groups excluding carboxylic acids is 1. The van der Waals surface area contributed by atoms with E-state index in [0.29, 0.717) is 16.5 Å². The number of rotatable bonds is 3. The number of esters is 1. The van der Waals surface area contributed by atoms with Gasteiger partial charge >= 0.3 is 5.97 Å². The number of hydrogen-bond acceptors (Lipinski definition) is 4. The third-order valence-corrected chi connectivity index (χ3v) is 3.41. The monoisotopic (exact) mass is 304 g/mol. The van der Waals surface area contributed by atoms with Gasteiger partial charge in [-0.1, -0.05) is 24.3 Å². The van der Waals surface area contributed by atoms with E-state index in [1.807, 2.05) is 6.07 Å². The maximum atomic E-state index is 12.1. The second-order valence-corrected chi connectivity index (χ2v) is 4.98. The molecule has 0 spiro atoms. The van der Waals surface area contributed by atoms with Gasteiger partial charge < -0.3 is 9.72 Å².